The minimum absolute atomic E-state index is 0.629. The van der Waals surface area contributed by atoms with E-state index in [0.29, 0.717) is 4.64 Å². The first-order chi connectivity index (χ1) is 7.09. The Hall–Kier alpha value is -1.49. The van der Waals surface area contributed by atoms with E-state index in [1.54, 1.807) is 6.20 Å². The number of H-pyrrole nitrogens is 1. The summed E-state index contributed by atoms with van der Waals surface area (Å²) in [6.07, 6.45) is 3.62. The molecule has 2 heterocycles. The molecule has 0 radical (unpaired) electrons. The molecule has 0 aliphatic heterocycles. The molecule has 0 saturated carbocycles. The molecule has 0 saturated heterocycles. The van der Waals surface area contributed by atoms with Gasteiger partial charge in [-0.05, 0) is 13.8 Å². The smallest absolute Gasteiger partial charge is 0.175 e. The zero-order valence-electron chi connectivity index (χ0n) is 8.90. The summed E-state index contributed by atoms with van der Waals surface area (Å²) < 4.78 is 2.53. The average Bonchev–Trinajstić information content (AvgIpc) is 2.60. The highest BCUT2D eigenvalue weighted by molar-refractivity contribution is 7.71. The summed E-state index contributed by atoms with van der Waals surface area (Å²) in [5.41, 5.74) is 2.05. The maximum Gasteiger partial charge on any atom is 0.175 e. The van der Waals surface area contributed by atoms with E-state index in [-0.39, 0.29) is 0 Å². The van der Waals surface area contributed by atoms with Crippen LogP contribution in [-0.4, -0.2) is 19.5 Å². The van der Waals surface area contributed by atoms with Gasteiger partial charge in [-0.3, -0.25) is 0 Å². The second-order valence-electron chi connectivity index (χ2n) is 3.50. The Morgan fingerprint density at radius 2 is 2.13 bits per heavy atom. The van der Waals surface area contributed by atoms with Gasteiger partial charge in [0.25, 0.3) is 0 Å². The fourth-order valence-electron chi connectivity index (χ4n) is 1.34. The van der Waals surface area contributed by atoms with Crippen molar-refractivity contribution in [2.45, 2.75) is 13.8 Å². The maximum atomic E-state index is 5.18. The highest BCUT2D eigenvalue weighted by atomic mass is 32.1. The van der Waals surface area contributed by atoms with Crippen molar-refractivity contribution in [2.24, 2.45) is 7.05 Å². The summed E-state index contributed by atoms with van der Waals surface area (Å²) in [5.74, 6) is 1.51. The molecule has 78 valence electrons. The summed E-state index contributed by atoms with van der Waals surface area (Å²) in [6.45, 7) is 3.95. The molecule has 2 aromatic rings. The topological polar surface area (TPSA) is 46.5 Å². The van der Waals surface area contributed by atoms with Gasteiger partial charge >= 0.3 is 0 Å². The van der Waals surface area contributed by atoms with Crippen LogP contribution in [0.3, 0.4) is 0 Å². The van der Waals surface area contributed by atoms with E-state index in [4.69, 9.17) is 12.2 Å². The average molecular weight is 220 g/mol. The third kappa shape index (κ3) is 1.70. The molecule has 0 aromatic carbocycles. The second kappa shape index (κ2) is 3.58. The van der Waals surface area contributed by atoms with Crippen LogP contribution >= 0.6 is 12.2 Å². The SMILES string of the molecule is Cc1[nH]c(-c2nccn2C)nc(=S)c1C. The molecular formula is C10H12N4S. The van der Waals surface area contributed by atoms with Gasteiger partial charge in [-0.15, -0.1) is 0 Å². The normalized spacial score (nSPS) is 10.6. The lowest BCUT2D eigenvalue weighted by Crippen LogP contribution is -2.00. The Kier molecular flexibility index (Phi) is 2.40. The van der Waals surface area contributed by atoms with E-state index in [0.717, 1.165) is 22.9 Å². The minimum atomic E-state index is 0.629. The molecule has 0 aliphatic rings. The number of imidazole rings is 1. The van der Waals surface area contributed by atoms with Crippen LogP contribution in [0.1, 0.15) is 11.3 Å². The number of rotatable bonds is 1. The molecule has 0 aliphatic carbocycles. The highest BCUT2D eigenvalue weighted by Gasteiger charge is 2.07. The van der Waals surface area contributed by atoms with E-state index >= 15 is 0 Å². The summed E-state index contributed by atoms with van der Waals surface area (Å²) in [4.78, 5) is 11.7. The number of nitrogens with zero attached hydrogens (tertiary/aromatic N) is 3. The Labute approximate surface area is 93.0 Å². The van der Waals surface area contributed by atoms with Crippen LogP contribution in [0.5, 0.6) is 0 Å². The largest absolute Gasteiger partial charge is 0.341 e. The molecule has 0 amide bonds. The van der Waals surface area contributed by atoms with Crippen LogP contribution in [0, 0.1) is 18.5 Å². The molecular weight excluding hydrogens is 208 g/mol. The molecule has 2 aromatic heterocycles. The third-order valence-electron chi connectivity index (χ3n) is 2.44. The highest BCUT2D eigenvalue weighted by Crippen LogP contribution is 2.13. The van der Waals surface area contributed by atoms with Gasteiger partial charge in [0.2, 0.25) is 0 Å². The van der Waals surface area contributed by atoms with Gasteiger partial charge in [-0.1, -0.05) is 12.2 Å². The van der Waals surface area contributed by atoms with Crippen LogP contribution in [0.15, 0.2) is 12.4 Å². The van der Waals surface area contributed by atoms with E-state index in [1.165, 1.54) is 0 Å². The summed E-state index contributed by atoms with van der Waals surface area (Å²) in [7, 11) is 1.93. The van der Waals surface area contributed by atoms with Gasteiger partial charge in [0, 0.05) is 30.7 Å². The van der Waals surface area contributed by atoms with Crippen LogP contribution in [0.2, 0.25) is 0 Å². The molecule has 0 bridgehead atoms. The molecule has 15 heavy (non-hydrogen) atoms. The first kappa shape index (κ1) is 10.0. The van der Waals surface area contributed by atoms with E-state index in [9.17, 15) is 0 Å². The molecule has 1 N–H and O–H groups in total. The van der Waals surface area contributed by atoms with Crippen molar-refractivity contribution in [1.29, 1.82) is 0 Å². The van der Waals surface area contributed by atoms with Crippen LogP contribution in [0.25, 0.3) is 11.6 Å². The predicted molar refractivity (Wildman–Crippen MR) is 61.1 cm³/mol. The summed E-state index contributed by atoms with van der Waals surface area (Å²) in [5, 5.41) is 0. The van der Waals surface area contributed by atoms with Gasteiger partial charge in [0.05, 0.1) is 0 Å². The summed E-state index contributed by atoms with van der Waals surface area (Å²) >= 11 is 5.18. The lowest BCUT2D eigenvalue weighted by atomic mass is 10.3. The molecule has 4 nitrogen and oxygen atoms in total. The molecule has 5 heteroatoms. The van der Waals surface area contributed by atoms with Gasteiger partial charge < -0.3 is 9.55 Å². The Balaban J connectivity index is 2.66. The molecule has 0 atom stereocenters. The van der Waals surface area contributed by atoms with Crippen molar-refractivity contribution in [1.82, 2.24) is 19.5 Å². The minimum Gasteiger partial charge on any atom is -0.341 e. The van der Waals surface area contributed by atoms with Crippen LogP contribution < -0.4 is 0 Å². The monoisotopic (exact) mass is 220 g/mol. The van der Waals surface area contributed by atoms with Crippen molar-refractivity contribution in [3.63, 3.8) is 0 Å². The predicted octanol–water partition coefficient (Wildman–Crippen LogP) is 2.16. The van der Waals surface area contributed by atoms with Crippen molar-refractivity contribution in [3.8, 4) is 11.6 Å². The number of hydrogen-bond acceptors (Lipinski definition) is 3. The molecule has 0 spiro atoms. The number of aromatic amines is 1. The Morgan fingerprint density at radius 1 is 1.40 bits per heavy atom. The lowest BCUT2D eigenvalue weighted by Gasteiger charge is -2.05. The third-order valence-corrected chi connectivity index (χ3v) is 2.83. The van der Waals surface area contributed by atoms with Gasteiger partial charge in [0.1, 0.15) is 4.64 Å². The molecule has 0 fully saturated rings. The molecule has 0 unspecified atom stereocenters. The zero-order valence-corrected chi connectivity index (χ0v) is 9.72. The van der Waals surface area contributed by atoms with Crippen LogP contribution in [0.4, 0.5) is 0 Å². The van der Waals surface area contributed by atoms with Crippen molar-refractivity contribution < 1.29 is 0 Å². The lowest BCUT2D eigenvalue weighted by molar-refractivity contribution is 0.898. The first-order valence-electron chi connectivity index (χ1n) is 4.65. The van der Waals surface area contributed by atoms with Gasteiger partial charge in [-0.25, -0.2) is 9.97 Å². The van der Waals surface area contributed by atoms with Crippen molar-refractivity contribution in [3.05, 3.63) is 28.3 Å². The maximum absolute atomic E-state index is 5.18. The van der Waals surface area contributed by atoms with Crippen molar-refractivity contribution in [2.75, 3.05) is 0 Å². The van der Waals surface area contributed by atoms with Gasteiger partial charge in [0.15, 0.2) is 11.6 Å². The van der Waals surface area contributed by atoms with E-state index in [1.807, 2.05) is 31.7 Å². The second-order valence-corrected chi connectivity index (χ2v) is 3.89. The van der Waals surface area contributed by atoms with Crippen LogP contribution in [-0.2, 0) is 7.05 Å². The fraction of sp³-hybridized carbons (Fsp3) is 0.300. The van der Waals surface area contributed by atoms with E-state index < -0.39 is 0 Å². The number of nitrogens with one attached hydrogen (secondary N) is 1. The number of aryl methyl sites for hydroxylation is 2. The number of aromatic nitrogens is 4. The molecule has 2 rings (SSSR count). The Bertz CT molecular complexity index is 553. The van der Waals surface area contributed by atoms with Crippen molar-refractivity contribution >= 4 is 12.2 Å². The standard InChI is InChI=1S/C10H12N4S/c1-6-7(2)12-8(13-10(6)15)9-11-4-5-14(9)3/h4-5H,1-3H3,(H,12,13,15). The quantitative estimate of drug-likeness (QED) is 0.749. The zero-order chi connectivity index (χ0) is 11.0. The number of hydrogen-bond donors (Lipinski definition) is 1. The van der Waals surface area contributed by atoms with E-state index in [2.05, 4.69) is 15.0 Å². The summed E-state index contributed by atoms with van der Waals surface area (Å²) in [6, 6.07) is 0. The first-order valence-corrected chi connectivity index (χ1v) is 5.05. The Morgan fingerprint density at radius 3 is 2.67 bits per heavy atom. The van der Waals surface area contributed by atoms with Gasteiger partial charge in [-0.2, -0.15) is 0 Å². The fourth-order valence-corrected chi connectivity index (χ4v) is 1.59.